The Hall–Kier alpha value is -0.300. The molecule has 0 aromatic heterocycles. The molecule has 0 heterocycles. The lowest BCUT2D eigenvalue weighted by Gasteiger charge is -2.22. The van der Waals surface area contributed by atoms with Gasteiger partial charge in [-0.25, -0.2) is 0 Å². The van der Waals surface area contributed by atoms with Gasteiger partial charge in [-0.3, -0.25) is 0 Å². The summed E-state index contributed by atoms with van der Waals surface area (Å²) in [5.74, 6) is 1.05. The fraction of sp³-hybridized carbons (Fsp3) is 0.875. The zero-order chi connectivity index (χ0) is 12.3. The molecule has 0 spiro atoms. The molecule has 0 bridgehead atoms. The van der Waals surface area contributed by atoms with Gasteiger partial charge in [-0.1, -0.05) is 51.0 Å². The van der Waals surface area contributed by atoms with Crippen LogP contribution < -0.4 is 5.32 Å². The maximum absolute atomic E-state index is 3.73. The molecule has 0 amide bonds. The third-order valence-electron chi connectivity index (χ3n) is 4.07. The van der Waals surface area contributed by atoms with E-state index in [-0.39, 0.29) is 0 Å². The first kappa shape index (κ1) is 14.8. The van der Waals surface area contributed by atoms with Crippen LogP contribution in [-0.2, 0) is 0 Å². The number of hydrogen-bond acceptors (Lipinski definition) is 1. The smallest absolute Gasteiger partial charge is 0.00670 e. The lowest BCUT2D eigenvalue weighted by molar-refractivity contribution is 0.327. The zero-order valence-electron chi connectivity index (χ0n) is 11.7. The summed E-state index contributed by atoms with van der Waals surface area (Å²) >= 11 is 0. The molecule has 1 N–H and O–H groups in total. The van der Waals surface area contributed by atoms with Crippen molar-refractivity contribution in [2.75, 3.05) is 6.54 Å². The minimum atomic E-state index is 0.874. The number of allylic oxidation sites excluding steroid dienone is 1. The Balaban J connectivity index is 0.000000437. The highest BCUT2D eigenvalue weighted by Crippen LogP contribution is 2.26. The van der Waals surface area contributed by atoms with Gasteiger partial charge >= 0.3 is 0 Å². The van der Waals surface area contributed by atoms with Gasteiger partial charge in [0.2, 0.25) is 0 Å². The van der Waals surface area contributed by atoms with Crippen LogP contribution in [0.1, 0.15) is 71.1 Å². The average molecular weight is 237 g/mol. The second-order valence-electron chi connectivity index (χ2n) is 5.64. The Morgan fingerprint density at radius 1 is 1.00 bits per heavy atom. The highest BCUT2D eigenvalue weighted by molar-refractivity contribution is 4.74. The molecule has 0 radical (unpaired) electrons. The number of rotatable bonds is 4. The van der Waals surface area contributed by atoms with E-state index in [0.29, 0.717) is 0 Å². The molecule has 100 valence electrons. The van der Waals surface area contributed by atoms with Crippen LogP contribution in [-0.4, -0.2) is 12.6 Å². The molecule has 0 unspecified atom stereocenters. The molecule has 2 aliphatic rings. The minimum absolute atomic E-state index is 0.874. The summed E-state index contributed by atoms with van der Waals surface area (Å²) in [6.07, 6.45) is 16.5. The normalized spacial score (nSPS) is 21.9. The van der Waals surface area contributed by atoms with Crippen molar-refractivity contribution in [3.05, 3.63) is 12.7 Å². The van der Waals surface area contributed by atoms with E-state index in [4.69, 9.17) is 0 Å². The van der Waals surface area contributed by atoms with Crippen molar-refractivity contribution in [3.8, 4) is 0 Å². The first-order valence-corrected chi connectivity index (χ1v) is 7.67. The number of hydrogen-bond donors (Lipinski definition) is 1. The SMILES string of the molecule is C1CCC(CCNC2CCCC2)CC1.C=CC. The van der Waals surface area contributed by atoms with E-state index in [1.165, 1.54) is 70.8 Å². The summed E-state index contributed by atoms with van der Waals surface area (Å²) in [6.45, 7) is 6.54. The molecule has 1 nitrogen and oxygen atoms in total. The molecule has 0 saturated heterocycles. The third kappa shape index (κ3) is 6.88. The van der Waals surface area contributed by atoms with Crippen LogP contribution >= 0.6 is 0 Å². The average Bonchev–Trinajstić information content (AvgIpc) is 2.85. The molecule has 2 saturated carbocycles. The molecule has 0 aromatic carbocycles. The van der Waals surface area contributed by atoms with Crippen molar-refractivity contribution in [1.29, 1.82) is 0 Å². The van der Waals surface area contributed by atoms with E-state index < -0.39 is 0 Å². The van der Waals surface area contributed by atoms with Gasteiger partial charge in [-0.05, 0) is 38.6 Å². The summed E-state index contributed by atoms with van der Waals surface area (Å²) in [7, 11) is 0. The van der Waals surface area contributed by atoms with Gasteiger partial charge in [-0.2, -0.15) is 0 Å². The van der Waals surface area contributed by atoms with Crippen molar-refractivity contribution in [3.63, 3.8) is 0 Å². The maximum Gasteiger partial charge on any atom is 0.00670 e. The van der Waals surface area contributed by atoms with Crippen LogP contribution in [0.15, 0.2) is 12.7 Å². The van der Waals surface area contributed by atoms with Crippen LogP contribution in [0, 0.1) is 5.92 Å². The second-order valence-corrected chi connectivity index (χ2v) is 5.64. The lowest BCUT2D eigenvalue weighted by Crippen LogP contribution is -2.28. The Labute approximate surface area is 108 Å². The summed E-state index contributed by atoms with van der Waals surface area (Å²) in [6, 6.07) is 0.874. The van der Waals surface area contributed by atoms with Gasteiger partial charge in [0.15, 0.2) is 0 Å². The monoisotopic (exact) mass is 237 g/mol. The Bertz CT molecular complexity index is 176. The van der Waals surface area contributed by atoms with E-state index in [1.807, 2.05) is 6.92 Å². The second kappa shape index (κ2) is 9.70. The largest absolute Gasteiger partial charge is 0.314 e. The first-order valence-electron chi connectivity index (χ1n) is 7.67. The fourth-order valence-electron chi connectivity index (χ4n) is 3.10. The standard InChI is InChI=1S/C13H25N.C3H6/c1-2-6-12(7-3-1)10-11-14-13-8-4-5-9-13;1-3-2/h12-14H,1-11H2;3H,1H2,2H3. The van der Waals surface area contributed by atoms with Crippen molar-refractivity contribution in [2.24, 2.45) is 5.92 Å². The summed E-state index contributed by atoms with van der Waals surface area (Å²) < 4.78 is 0. The van der Waals surface area contributed by atoms with E-state index in [1.54, 1.807) is 6.08 Å². The van der Waals surface area contributed by atoms with Crippen molar-refractivity contribution >= 4 is 0 Å². The fourth-order valence-corrected chi connectivity index (χ4v) is 3.10. The molecular weight excluding hydrogens is 206 g/mol. The van der Waals surface area contributed by atoms with Crippen LogP contribution in [0.4, 0.5) is 0 Å². The predicted molar refractivity (Wildman–Crippen MR) is 77.3 cm³/mol. The molecule has 0 atom stereocenters. The van der Waals surface area contributed by atoms with E-state index in [2.05, 4.69) is 11.9 Å². The Morgan fingerprint density at radius 3 is 2.12 bits per heavy atom. The highest BCUT2D eigenvalue weighted by atomic mass is 14.9. The predicted octanol–water partition coefficient (Wildman–Crippen LogP) is 4.68. The molecule has 0 aromatic rings. The van der Waals surface area contributed by atoms with E-state index in [0.717, 1.165) is 12.0 Å². The molecular formula is C16H31N. The quantitative estimate of drug-likeness (QED) is 0.700. The first-order chi connectivity index (χ1) is 8.36. The minimum Gasteiger partial charge on any atom is -0.314 e. The highest BCUT2D eigenvalue weighted by Gasteiger charge is 2.16. The Kier molecular flexibility index (Phi) is 8.42. The van der Waals surface area contributed by atoms with Gasteiger partial charge < -0.3 is 5.32 Å². The summed E-state index contributed by atoms with van der Waals surface area (Å²) in [4.78, 5) is 0. The van der Waals surface area contributed by atoms with Crippen LogP contribution in [0.2, 0.25) is 0 Å². The molecule has 0 aliphatic heterocycles. The van der Waals surface area contributed by atoms with Gasteiger partial charge in [0.1, 0.15) is 0 Å². The maximum atomic E-state index is 3.73. The van der Waals surface area contributed by atoms with Gasteiger partial charge in [0.05, 0.1) is 0 Å². The third-order valence-corrected chi connectivity index (χ3v) is 4.07. The molecule has 2 aliphatic carbocycles. The van der Waals surface area contributed by atoms with Gasteiger partial charge in [0.25, 0.3) is 0 Å². The molecule has 17 heavy (non-hydrogen) atoms. The van der Waals surface area contributed by atoms with Crippen LogP contribution in [0.25, 0.3) is 0 Å². The molecule has 2 rings (SSSR count). The summed E-state index contributed by atoms with van der Waals surface area (Å²) in [5.41, 5.74) is 0. The van der Waals surface area contributed by atoms with Crippen molar-refractivity contribution < 1.29 is 0 Å². The number of nitrogens with one attached hydrogen (secondary N) is 1. The summed E-state index contributed by atoms with van der Waals surface area (Å²) in [5, 5.41) is 3.73. The molecule has 2 fully saturated rings. The topological polar surface area (TPSA) is 12.0 Å². The lowest BCUT2D eigenvalue weighted by atomic mass is 9.87. The van der Waals surface area contributed by atoms with Crippen LogP contribution in [0.3, 0.4) is 0 Å². The van der Waals surface area contributed by atoms with Crippen molar-refractivity contribution in [1.82, 2.24) is 5.32 Å². The zero-order valence-corrected chi connectivity index (χ0v) is 11.7. The molecule has 1 heteroatoms. The van der Waals surface area contributed by atoms with E-state index >= 15 is 0 Å². The van der Waals surface area contributed by atoms with Crippen molar-refractivity contribution in [2.45, 2.75) is 77.2 Å². The van der Waals surface area contributed by atoms with E-state index in [9.17, 15) is 0 Å². The van der Waals surface area contributed by atoms with Gasteiger partial charge in [0, 0.05) is 6.04 Å². The van der Waals surface area contributed by atoms with Gasteiger partial charge in [-0.15, -0.1) is 6.58 Å². The van der Waals surface area contributed by atoms with Crippen LogP contribution in [0.5, 0.6) is 0 Å². The Morgan fingerprint density at radius 2 is 1.53 bits per heavy atom.